The predicted molar refractivity (Wildman–Crippen MR) is 96.8 cm³/mol. The Kier molecular flexibility index (Phi) is 5.48. The molecule has 0 saturated carbocycles. The molecule has 0 bridgehead atoms. The van der Waals surface area contributed by atoms with Crippen LogP contribution in [-0.2, 0) is 6.54 Å². The fraction of sp³-hybridized carbons (Fsp3) is 0.421. The smallest absolute Gasteiger partial charge is 0.254 e. The van der Waals surface area contributed by atoms with E-state index in [0.717, 1.165) is 30.8 Å². The van der Waals surface area contributed by atoms with E-state index in [0.29, 0.717) is 24.0 Å². The van der Waals surface area contributed by atoms with Crippen LogP contribution in [0.2, 0.25) is 0 Å². The Morgan fingerprint density at radius 3 is 2.64 bits per heavy atom. The van der Waals surface area contributed by atoms with Crippen LogP contribution in [0.15, 0.2) is 36.7 Å². The van der Waals surface area contributed by atoms with E-state index in [4.69, 9.17) is 4.74 Å². The van der Waals surface area contributed by atoms with E-state index in [1.165, 1.54) is 6.42 Å². The van der Waals surface area contributed by atoms with Gasteiger partial charge < -0.3 is 15.0 Å². The quantitative estimate of drug-likeness (QED) is 0.906. The van der Waals surface area contributed by atoms with Crippen molar-refractivity contribution in [3.05, 3.63) is 47.8 Å². The first kappa shape index (κ1) is 17.2. The van der Waals surface area contributed by atoms with Crippen molar-refractivity contribution in [2.75, 3.05) is 25.1 Å². The molecule has 1 saturated heterocycles. The summed E-state index contributed by atoms with van der Waals surface area (Å²) in [6.45, 7) is 4.65. The number of amides is 1. The SMILES string of the molecule is COc1ccc(CNC(=O)c2cnc(N3CCCC(C)C3)nc2)cc1. The van der Waals surface area contributed by atoms with Crippen molar-refractivity contribution in [3.8, 4) is 5.75 Å². The lowest BCUT2D eigenvalue weighted by Gasteiger charge is -2.30. The van der Waals surface area contributed by atoms with Gasteiger partial charge >= 0.3 is 0 Å². The highest BCUT2D eigenvalue weighted by molar-refractivity contribution is 5.93. The number of nitrogens with zero attached hydrogens (tertiary/aromatic N) is 3. The van der Waals surface area contributed by atoms with Gasteiger partial charge in [-0.2, -0.15) is 0 Å². The third-order valence-corrected chi connectivity index (χ3v) is 4.45. The van der Waals surface area contributed by atoms with Gasteiger partial charge in [0.2, 0.25) is 5.95 Å². The molecule has 132 valence electrons. The van der Waals surface area contributed by atoms with Gasteiger partial charge in [-0.3, -0.25) is 4.79 Å². The first-order valence-electron chi connectivity index (χ1n) is 8.64. The van der Waals surface area contributed by atoms with Gasteiger partial charge in [-0.15, -0.1) is 0 Å². The van der Waals surface area contributed by atoms with E-state index in [2.05, 4.69) is 27.1 Å². The zero-order valence-corrected chi connectivity index (χ0v) is 14.7. The molecule has 6 heteroatoms. The van der Waals surface area contributed by atoms with E-state index in [9.17, 15) is 4.79 Å². The first-order valence-corrected chi connectivity index (χ1v) is 8.64. The lowest BCUT2D eigenvalue weighted by molar-refractivity contribution is 0.0950. The Bertz CT molecular complexity index is 700. The Morgan fingerprint density at radius 1 is 1.28 bits per heavy atom. The summed E-state index contributed by atoms with van der Waals surface area (Å²) in [5.74, 6) is 1.99. The Hall–Kier alpha value is -2.63. The van der Waals surface area contributed by atoms with Crippen LogP contribution < -0.4 is 15.0 Å². The van der Waals surface area contributed by atoms with Gasteiger partial charge in [-0.05, 0) is 36.5 Å². The van der Waals surface area contributed by atoms with Gasteiger partial charge in [0.1, 0.15) is 5.75 Å². The maximum Gasteiger partial charge on any atom is 0.254 e. The molecule has 25 heavy (non-hydrogen) atoms. The highest BCUT2D eigenvalue weighted by Gasteiger charge is 2.18. The van der Waals surface area contributed by atoms with E-state index < -0.39 is 0 Å². The summed E-state index contributed by atoms with van der Waals surface area (Å²) in [7, 11) is 1.63. The van der Waals surface area contributed by atoms with Crippen LogP contribution in [-0.4, -0.2) is 36.1 Å². The van der Waals surface area contributed by atoms with Crippen molar-refractivity contribution in [3.63, 3.8) is 0 Å². The van der Waals surface area contributed by atoms with Crippen LogP contribution in [0.5, 0.6) is 5.75 Å². The van der Waals surface area contributed by atoms with Crippen LogP contribution in [0.3, 0.4) is 0 Å². The number of aromatic nitrogens is 2. The molecule has 1 aromatic carbocycles. The lowest BCUT2D eigenvalue weighted by Crippen LogP contribution is -2.35. The third-order valence-electron chi connectivity index (χ3n) is 4.45. The number of carbonyl (C=O) groups is 1. The monoisotopic (exact) mass is 340 g/mol. The van der Waals surface area contributed by atoms with Crippen molar-refractivity contribution < 1.29 is 9.53 Å². The molecule has 0 aliphatic carbocycles. The average molecular weight is 340 g/mol. The van der Waals surface area contributed by atoms with Crippen LogP contribution in [0.25, 0.3) is 0 Å². The highest BCUT2D eigenvalue weighted by atomic mass is 16.5. The molecule has 3 rings (SSSR count). The maximum atomic E-state index is 12.3. The van der Waals surface area contributed by atoms with E-state index in [1.54, 1.807) is 19.5 Å². The van der Waals surface area contributed by atoms with Gasteiger partial charge in [0.15, 0.2) is 0 Å². The Labute approximate surface area is 148 Å². The summed E-state index contributed by atoms with van der Waals surface area (Å²) >= 11 is 0. The van der Waals surface area contributed by atoms with Gasteiger partial charge in [0, 0.05) is 32.0 Å². The number of rotatable bonds is 5. The van der Waals surface area contributed by atoms with Crippen molar-refractivity contribution in [1.29, 1.82) is 0 Å². The Morgan fingerprint density at radius 2 is 2.00 bits per heavy atom. The van der Waals surface area contributed by atoms with Crippen LogP contribution in [0, 0.1) is 5.92 Å². The molecule has 1 unspecified atom stereocenters. The van der Waals surface area contributed by atoms with Crippen LogP contribution in [0.1, 0.15) is 35.7 Å². The number of nitrogens with one attached hydrogen (secondary N) is 1. The van der Waals surface area contributed by atoms with Gasteiger partial charge in [0.05, 0.1) is 12.7 Å². The molecule has 1 fully saturated rings. The number of carbonyl (C=O) groups excluding carboxylic acids is 1. The summed E-state index contributed by atoms with van der Waals surface area (Å²) in [6.07, 6.45) is 5.62. The molecule has 0 spiro atoms. The van der Waals surface area contributed by atoms with Crippen molar-refractivity contribution in [2.24, 2.45) is 5.92 Å². The zero-order valence-electron chi connectivity index (χ0n) is 14.7. The lowest BCUT2D eigenvalue weighted by atomic mass is 10.0. The molecular weight excluding hydrogens is 316 g/mol. The molecule has 1 aliphatic rings. The van der Waals surface area contributed by atoms with E-state index in [-0.39, 0.29) is 5.91 Å². The standard InChI is InChI=1S/C19H24N4O2/c1-14-4-3-9-23(13-14)19-21-11-16(12-22-19)18(24)20-10-15-5-7-17(25-2)8-6-15/h5-8,11-12,14H,3-4,9-10,13H2,1-2H3,(H,20,24). The summed E-state index contributed by atoms with van der Waals surface area (Å²) in [4.78, 5) is 23.2. The molecule has 1 N–H and O–H groups in total. The maximum absolute atomic E-state index is 12.3. The number of ether oxygens (including phenoxy) is 1. The number of piperidine rings is 1. The van der Waals surface area contributed by atoms with Gasteiger partial charge in [0.25, 0.3) is 5.91 Å². The normalized spacial score (nSPS) is 17.2. The molecule has 0 radical (unpaired) electrons. The molecule has 1 aliphatic heterocycles. The van der Waals surface area contributed by atoms with Gasteiger partial charge in [-0.25, -0.2) is 9.97 Å². The second-order valence-corrected chi connectivity index (χ2v) is 6.50. The van der Waals surface area contributed by atoms with Crippen molar-refractivity contribution in [2.45, 2.75) is 26.3 Å². The Balaban J connectivity index is 1.56. The fourth-order valence-electron chi connectivity index (χ4n) is 3.00. The second-order valence-electron chi connectivity index (χ2n) is 6.50. The van der Waals surface area contributed by atoms with Crippen LogP contribution >= 0.6 is 0 Å². The summed E-state index contributed by atoms with van der Waals surface area (Å²) < 4.78 is 5.12. The minimum Gasteiger partial charge on any atom is -0.497 e. The van der Waals surface area contributed by atoms with Gasteiger partial charge in [-0.1, -0.05) is 19.1 Å². The fourth-order valence-corrected chi connectivity index (χ4v) is 3.00. The summed E-state index contributed by atoms with van der Waals surface area (Å²) in [5, 5.41) is 2.89. The van der Waals surface area contributed by atoms with E-state index >= 15 is 0 Å². The number of anilines is 1. The number of benzene rings is 1. The topological polar surface area (TPSA) is 67.3 Å². The van der Waals surface area contributed by atoms with Crippen molar-refractivity contribution >= 4 is 11.9 Å². The number of methoxy groups -OCH3 is 1. The molecule has 1 amide bonds. The largest absolute Gasteiger partial charge is 0.497 e. The molecule has 2 heterocycles. The average Bonchev–Trinajstić information content (AvgIpc) is 2.66. The highest BCUT2D eigenvalue weighted by Crippen LogP contribution is 2.19. The molecular formula is C19H24N4O2. The van der Waals surface area contributed by atoms with Crippen LogP contribution in [0.4, 0.5) is 5.95 Å². The number of hydrogen-bond acceptors (Lipinski definition) is 5. The summed E-state index contributed by atoms with van der Waals surface area (Å²) in [5.41, 5.74) is 1.48. The molecule has 1 aromatic heterocycles. The molecule has 2 aromatic rings. The summed E-state index contributed by atoms with van der Waals surface area (Å²) in [6, 6.07) is 7.60. The third kappa shape index (κ3) is 4.47. The first-order chi connectivity index (χ1) is 12.2. The predicted octanol–water partition coefficient (Wildman–Crippen LogP) is 2.65. The zero-order chi connectivity index (χ0) is 17.6. The molecule has 6 nitrogen and oxygen atoms in total. The molecule has 1 atom stereocenters. The second kappa shape index (κ2) is 7.96. The minimum atomic E-state index is -0.172. The minimum absolute atomic E-state index is 0.172. The van der Waals surface area contributed by atoms with E-state index in [1.807, 2.05) is 24.3 Å². The van der Waals surface area contributed by atoms with Crippen molar-refractivity contribution in [1.82, 2.24) is 15.3 Å². The number of hydrogen-bond donors (Lipinski definition) is 1.